The van der Waals surface area contributed by atoms with Crippen molar-refractivity contribution < 1.29 is 19.4 Å². The van der Waals surface area contributed by atoms with E-state index in [9.17, 15) is 4.79 Å². The predicted octanol–water partition coefficient (Wildman–Crippen LogP) is 2.86. The Hall–Kier alpha value is -1.85. The highest BCUT2D eigenvalue weighted by Gasteiger charge is 2.30. The second kappa shape index (κ2) is 9.02. The van der Waals surface area contributed by atoms with Gasteiger partial charge in [0.25, 0.3) is 5.91 Å². The maximum atomic E-state index is 12.5. The zero-order valence-corrected chi connectivity index (χ0v) is 14.5. The van der Waals surface area contributed by atoms with Crippen LogP contribution in [-0.2, 0) is 14.3 Å². The van der Waals surface area contributed by atoms with E-state index < -0.39 is 6.29 Å². The van der Waals surface area contributed by atoms with Crippen LogP contribution in [0.3, 0.4) is 0 Å². The fraction of sp³-hybridized carbons (Fsp3) is 0.550. The fourth-order valence-electron chi connectivity index (χ4n) is 3.09. The summed E-state index contributed by atoms with van der Waals surface area (Å²) >= 11 is 0. The monoisotopic (exact) mass is 345 g/mol. The molecule has 25 heavy (non-hydrogen) atoms. The zero-order chi connectivity index (χ0) is 17.5. The SMILES string of the molecule is O=C(NC1CCC1)C1=C[C@H](c2ccccc2)C[C@H](OCCCCO)O1. The Kier molecular flexibility index (Phi) is 6.48. The van der Waals surface area contributed by atoms with Gasteiger partial charge in [-0.05, 0) is 43.7 Å². The van der Waals surface area contributed by atoms with Gasteiger partial charge in [0.1, 0.15) is 0 Å². The molecule has 1 saturated carbocycles. The van der Waals surface area contributed by atoms with E-state index in [2.05, 4.69) is 17.4 Å². The minimum atomic E-state index is -0.434. The smallest absolute Gasteiger partial charge is 0.286 e. The van der Waals surface area contributed by atoms with E-state index in [0.717, 1.165) is 24.8 Å². The van der Waals surface area contributed by atoms with Crippen molar-refractivity contribution in [1.29, 1.82) is 0 Å². The Morgan fingerprint density at radius 1 is 1.24 bits per heavy atom. The van der Waals surface area contributed by atoms with E-state index in [0.29, 0.717) is 25.2 Å². The molecular formula is C20H27NO4. The van der Waals surface area contributed by atoms with Gasteiger partial charge in [-0.25, -0.2) is 0 Å². The fourth-order valence-corrected chi connectivity index (χ4v) is 3.09. The highest BCUT2D eigenvalue weighted by molar-refractivity contribution is 5.92. The van der Waals surface area contributed by atoms with E-state index in [4.69, 9.17) is 14.6 Å². The zero-order valence-electron chi connectivity index (χ0n) is 14.5. The molecule has 5 nitrogen and oxygen atoms in total. The van der Waals surface area contributed by atoms with E-state index in [-0.39, 0.29) is 24.5 Å². The van der Waals surface area contributed by atoms with Crippen LogP contribution in [0.1, 0.15) is 50.0 Å². The van der Waals surface area contributed by atoms with Crippen LogP contribution in [0.25, 0.3) is 0 Å². The average Bonchev–Trinajstić information content (AvgIpc) is 2.62. The summed E-state index contributed by atoms with van der Waals surface area (Å²) in [5, 5.41) is 11.9. The molecule has 3 rings (SSSR count). The second-order valence-corrected chi connectivity index (χ2v) is 6.73. The van der Waals surface area contributed by atoms with Crippen molar-refractivity contribution in [3.8, 4) is 0 Å². The predicted molar refractivity (Wildman–Crippen MR) is 94.8 cm³/mol. The topological polar surface area (TPSA) is 67.8 Å². The van der Waals surface area contributed by atoms with Crippen molar-refractivity contribution >= 4 is 5.91 Å². The molecule has 136 valence electrons. The lowest BCUT2D eigenvalue weighted by molar-refractivity contribution is -0.147. The molecule has 1 aliphatic carbocycles. The van der Waals surface area contributed by atoms with Gasteiger partial charge in [0.05, 0.1) is 6.61 Å². The molecule has 1 amide bonds. The van der Waals surface area contributed by atoms with Gasteiger partial charge in [-0.15, -0.1) is 0 Å². The molecule has 5 heteroatoms. The third kappa shape index (κ3) is 5.06. The van der Waals surface area contributed by atoms with Gasteiger partial charge >= 0.3 is 0 Å². The van der Waals surface area contributed by atoms with Crippen LogP contribution in [0.15, 0.2) is 42.2 Å². The van der Waals surface area contributed by atoms with Crippen molar-refractivity contribution in [3.05, 3.63) is 47.7 Å². The van der Waals surface area contributed by atoms with Gasteiger partial charge in [0, 0.05) is 25.0 Å². The van der Waals surface area contributed by atoms with Crippen molar-refractivity contribution in [2.24, 2.45) is 0 Å². The first-order valence-corrected chi connectivity index (χ1v) is 9.23. The molecule has 1 aromatic rings. The van der Waals surface area contributed by atoms with Gasteiger partial charge in [-0.1, -0.05) is 30.3 Å². The Morgan fingerprint density at radius 3 is 2.72 bits per heavy atom. The van der Waals surface area contributed by atoms with Crippen molar-refractivity contribution in [2.75, 3.05) is 13.2 Å². The first-order chi connectivity index (χ1) is 12.3. The van der Waals surface area contributed by atoms with Gasteiger partial charge in [0.15, 0.2) is 5.76 Å². The number of amides is 1. The third-order valence-electron chi connectivity index (χ3n) is 4.81. The number of benzene rings is 1. The molecular weight excluding hydrogens is 318 g/mol. The number of aliphatic hydroxyl groups is 1. The highest BCUT2D eigenvalue weighted by Crippen LogP contribution is 2.31. The lowest BCUT2D eigenvalue weighted by Gasteiger charge is -2.31. The van der Waals surface area contributed by atoms with Gasteiger partial charge < -0.3 is 19.9 Å². The molecule has 1 fully saturated rings. The van der Waals surface area contributed by atoms with Gasteiger partial charge in [-0.2, -0.15) is 0 Å². The third-order valence-corrected chi connectivity index (χ3v) is 4.81. The van der Waals surface area contributed by atoms with Gasteiger partial charge in [0.2, 0.25) is 6.29 Å². The molecule has 1 aromatic carbocycles. The van der Waals surface area contributed by atoms with Gasteiger partial charge in [-0.3, -0.25) is 4.79 Å². The molecule has 0 bridgehead atoms. The number of rotatable bonds is 8. The van der Waals surface area contributed by atoms with Crippen LogP contribution in [0.4, 0.5) is 0 Å². The normalized spacial score (nSPS) is 23.3. The molecule has 0 saturated heterocycles. The van der Waals surface area contributed by atoms with Crippen molar-refractivity contribution in [1.82, 2.24) is 5.32 Å². The average molecular weight is 345 g/mol. The van der Waals surface area contributed by atoms with Crippen LogP contribution in [-0.4, -0.2) is 36.6 Å². The summed E-state index contributed by atoms with van der Waals surface area (Å²) in [5.41, 5.74) is 1.16. The minimum Gasteiger partial charge on any atom is -0.459 e. The Morgan fingerprint density at radius 2 is 2.04 bits per heavy atom. The van der Waals surface area contributed by atoms with Crippen molar-refractivity contribution in [2.45, 2.75) is 56.8 Å². The summed E-state index contributed by atoms with van der Waals surface area (Å²) in [7, 11) is 0. The molecule has 2 aliphatic rings. The maximum Gasteiger partial charge on any atom is 0.286 e. The number of allylic oxidation sites excluding steroid dienone is 1. The lowest BCUT2D eigenvalue weighted by atomic mass is 9.91. The Bertz CT molecular complexity index is 583. The molecule has 0 radical (unpaired) electrons. The Balaban J connectivity index is 1.67. The molecule has 0 unspecified atom stereocenters. The quantitative estimate of drug-likeness (QED) is 0.711. The minimum absolute atomic E-state index is 0.0972. The number of nitrogens with one attached hydrogen (secondary N) is 1. The number of aliphatic hydroxyl groups excluding tert-OH is 1. The Labute approximate surface area is 149 Å². The molecule has 1 aliphatic heterocycles. The number of hydrogen-bond acceptors (Lipinski definition) is 4. The summed E-state index contributed by atoms with van der Waals surface area (Å²) in [6.07, 6.45) is 6.91. The number of hydrogen-bond donors (Lipinski definition) is 2. The standard InChI is InChI=1S/C20H27NO4/c22-11-4-5-12-24-19-14-16(15-7-2-1-3-8-15)13-18(25-19)20(23)21-17-9-6-10-17/h1-3,7-8,13,16-17,19,22H,4-6,9-12,14H2,(H,21,23)/t16-,19+/m0/s1. The van der Waals surface area contributed by atoms with E-state index in [1.54, 1.807) is 0 Å². The second-order valence-electron chi connectivity index (χ2n) is 6.73. The number of carbonyl (C=O) groups excluding carboxylic acids is 1. The number of ether oxygens (including phenoxy) is 2. The molecule has 2 atom stereocenters. The summed E-state index contributed by atoms with van der Waals surface area (Å²) in [5.74, 6) is 0.313. The van der Waals surface area contributed by atoms with Crippen LogP contribution in [0.2, 0.25) is 0 Å². The summed E-state index contributed by atoms with van der Waals surface area (Å²) < 4.78 is 11.6. The van der Waals surface area contributed by atoms with Crippen LogP contribution in [0, 0.1) is 0 Å². The van der Waals surface area contributed by atoms with E-state index in [1.807, 2.05) is 24.3 Å². The highest BCUT2D eigenvalue weighted by atomic mass is 16.7. The lowest BCUT2D eigenvalue weighted by Crippen LogP contribution is -2.42. The number of carbonyl (C=O) groups is 1. The first kappa shape index (κ1) is 18.0. The summed E-state index contributed by atoms with van der Waals surface area (Å²) in [6, 6.07) is 10.4. The van der Waals surface area contributed by atoms with Crippen LogP contribution in [0.5, 0.6) is 0 Å². The van der Waals surface area contributed by atoms with Crippen molar-refractivity contribution in [3.63, 3.8) is 0 Å². The molecule has 2 N–H and O–H groups in total. The molecule has 0 aromatic heterocycles. The van der Waals surface area contributed by atoms with Crippen LogP contribution >= 0.6 is 0 Å². The summed E-state index contributed by atoms with van der Waals surface area (Å²) in [6.45, 7) is 0.681. The van der Waals surface area contributed by atoms with Crippen LogP contribution < -0.4 is 5.32 Å². The largest absolute Gasteiger partial charge is 0.459 e. The summed E-state index contributed by atoms with van der Waals surface area (Å²) in [4.78, 5) is 12.5. The molecule has 0 spiro atoms. The maximum absolute atomic E-state index is 12.5. The first-order valence-electron chi connectivity index (χ1n) is 9.23. The van der Waals surface area contributed by atoms with E-state index in [1.165, 1.54) is 6.42 Å². The molecule has 1 heterocycles. The van der Waals surface area contributed by atoms with E-state index >= 15 is 0 Å². The number of unbranched alkanes of at least 4 members (excludes halogenated alkanes) is 1.